The van der Waals surface area contributed by atoms with E-state index in [0.29, 0.717) is 0 Å². The molecule has 4 aliphatic rings. The number of fused-ring (bicyclic) bond motifs is 24. The van der Waals surface area contributed by atoms with Crippen molar-refractivity contribution >= 4 is 242 Å². The van der Waals surface area contributed by atoms with Gasteiger partial charge in [0.15, 0.2) is 11.5 Å². The van der Waals surface area contributed by atoms with Crippen LogP contribution in [0.25, 0.3) is 137 Å². The summed E-state index contributed by atoms with van der Waals surface area (Å²) in [6, 6.07) is 126. The number of nitrogens with zero attached hydrogens (tertiary/aromatic N) is 2. The van der Waals surface area contributed by atoms with E-state index in [4.69, 9.17) is 22.4 Å². The van der Waals surface area contributed by atoms with Crippen LogP contribution >= 0.6 is 0 Å². The van der Waals surface area contributed by atoms with E-state index in [2.05, 4.69) is 349 Å². The third kappa shape index (κ3) is 9.19. The highest BCUT2D eigenvalue weighted by molar-refractivity contribution is 7.13. The first-order valence-electron chi connectivity index (χ1n) is 39.0. The third-order valence-electron chi connectivity index (χ3n) is 24.7. The van der Waals surface area contributed by atoms with Crippen LogP contribution in [-0.2, 0) is 0 Å². The Hall–Kier alpha value is -14.4. The van der Waals surface area contributed by atoms with Crippen molar-refractivity contribution in [1.82, 2.24) is 4.57 Å². The normalized spacial score (nSPS) is 13.3. The van der Waals surface area contributed by atoms with Crippen molar-refractivity contribution in [2.75, 3.05) is 4.90 Å². The maximum absolute atomic E-state index is 7.34. The van der Waals surface area contributed by atoms with Crippen LogP contribution in [0.15, 0.2) is 370 Å². The lowest BCUT2D eigenvalue weighted by molar-refractivity contribution is 0.477. The third-order valence-corrected chi connectivity index (χ3v) is 24.7. The molecule has 8 heterocycles. The SMILES string of the molecule is C1=Cc2cc3oc4c(c3c3cccc1c23)B(c1ccc2cc3ccccc3cc2c1)c1oc2ccccc2c1B4c1ccc(N2c3ccccc3Oc3ccccc32)cc1.c1ccc(B2c3oc4ccc5ccccc5c4c3B(c3ccc(-n4c5ccccc5c5ccccc54)cc3)c3oc4ccc5ccccc5c4c32)cc1. The van der Waals surface area contributed by atoms with Gasteiger partial charge in [-0.05, 0) is 184 Å². The number of furan rings is 4. The van der Waals surface area contributed by atoms with Crippen LogP contribution in [0.2, 0.25) is 0 Å². The number of aromatic nitrogens is 1. The number of hydrogen-bond donors (Lipinski definition) is 0. The molecule has 0 N–H and O–H groups in total. The fourth-order valence-corrected chi connectivity index (χ4v) is 19.9. The number of para-hydroxylation sites is 7. The molecule has 520 valence electrons. The van der Waals surface area contributed by atoms with E-state index in [1.807, 2.05) is 24.3 Å². The van der Waals surface area contributed by atoms with Gasteiger partial charge in [0.2, 0.25) is 0 Å². The average molecular weight is 1440 g/mol. The van der Waals surface area contributed by atoms with Gasteiger partial charge in [-0.25, -0.2) is 0 Å². The Balaban J connectivity index is 0.000000129. The highest BCUT2D eigenvalue weighted by atomic mass is 16.5. The Morgan fingerprint density at radius 3 is 1.28 bits per heavy atom. The standard InChI is InChI=1S/C54H31B2NO3.C48H29B2NO2/c1-2-11-34-29-37-30-39(23-22-35(37)28-33(34)10-1)56-52-50-42-14-9-12-32-20-21-36(49(32)42)31-48(50)60-54(52)55(51-41-13-3-6-17-45(41)59-53(51)56)38-24-26-40(27-25-38)57-43-15-4-7-18-46(43)58-47-19-8-5-16-44(47)57;1-2-14-32(15-3-1)49-45-43-35-16-6-4-12-30(35)22-28-41(43)53-48(45)50(46-44-36-17-7-5-13-31(36)23-29-42(44)52-47(46)49)33-24-26-34(27-25-33)51-39-20-10-8-18-37(39)38-19-9-11-21-40(38)51/h1-31H;1-29H. The molecule has 22 aromatic rings. The van der Waals surface area contributed by atoms with E-state index in [1.54, 1.807) is 0 Å². The van der Waals surface area contributed by atoms with E-state index in [-0.39, 0.29) is 26.9 Å². The molecule has 11 heteroatoms. The van der Waals surface area contributed by atoms with Crippen LogP contribution in [0.1, 0.15) is 11.1 Å². The minimum absolute atomic E-state index is 0.146. The fraction of sp³-hybridized carbons (Fsp3) is 0. The first kappa shape index (κ1) is 62.5. The van der Waals surface area contributed by atoms with Crippen LogP contribution in [0.3, 0.4) is 0 Å². The van der Waals surface area contributed by atoms with E-state index in [0.717, 1.165) is 112 Å². The van der Waals surface area contributed by atoms with Gasteiger partial charge in [0.25, 0.3) is 26.9 Å². The van der Waals surface area contributed by atoms with Gasteiger partial charge >= 0.3 is 0 Å². The minimum atomic E-state index is -0.217. The summed E-state index contributed by atoms with van der Waals surface area (Å²) in [4.78, 5) is 2.29. The maximum Gasteiger partial charge on any atom is 0.290 e. The van der Waals surface area contributed by atoms with Crippen LogP contribution in [0.4, 0.5) is 17.1 Å². The molecule has 0 unspecified atom stereocenters. The number of hydrogen-bond acceptors (Lipinski definition) is 6. The van der Waals surface area contributed by atoms with Crippen molar-refractivity contribution in [2.24, 2.45) is 0 Å². The lowest BCUT2D eigenvalue weighted by atomic mass is 9.23. The zero-order valence-electron chi connectivity index (χ0n) is 60.9. The van der Waals surface area contributed by atoms with Gasteiger partial charge in [-0.2, -0.15) is 0 Å². The molecule has 3 aliphatic heterocycles. The topological polar surface area (TPSA) is 70.0 Å². The summed E-state index contributed by atoms with van der Waals surface area (Å²) in [6.07, 6.45) is 4.45. The van der Waals surface area contributed by atoms with Gasteiger partial charge in [0.1, 0.15) is 22.3 Å². The Kier molecular flexibility index (Phi) is 13.3. The molecule has 26 rings (SSSR count). The van der Waals surface area contributed by atoms with E-state index >= 15 is 0 Å². The summed E-state index contributed by atoms with van der Waals surface area (Å²) in [6.45, 7) is -0.758. The molecule has 113 heavy (non-hydrogen) atoms. The largest absolute Gasteiger partial charge is 0.471 e. The average Bonchev–Trinajstić information content (AvgIpc) is 1.54. The summed E-state index contributed by atoms with van der Waals surface area (Å²) >= 11 is 0. The molecule has 0 bridgehead atoms. The summed E-state index contributed by atoms with van der Waals surface area (Å²) in [5, 5.41) is 19.3. The second-order valence-corrected chi connectivity index (χ2v) is 30.7. The van der Waals surface area contributed by atoms with Crippen molar-refractivity contribution in [3.63, 3.8) is 0 Å². The molecule has 0 atom stereocenters. The van der Waals surface area contributed by atoms with Crippen LogP contribution in [0.5, 0.6) is 11.5 Å². The molecule has 0 saturated carbocycles. The highest BCUT2D eigenvalue weighted by Crippen LogP contribution is 2.50. The van der Waals surface area contributed by atoms with E-state index in [9.17, 15) is 0 Å². The predicted octanol–water partition coefficient (Wildman–Crippen LogP) is 18.0. The smallest absolute Gasteiger partial charge is 0.290 e. The molecule has 5 aromatic heterocycles. The molecule has 0 spiro atoms. The number of ether oxygens (including phenoxy) is 1. The molecule has 0 fully saturated rings. The number of benzene rings is 17. The van der Waals surface area contributed by atoms with Gasteiger partial charge in [-0.15, -0.1) is 0 Å². The molecule has 17 aromatic carbocycles. The second kappa shape index (κ2) is 24.1. The minimum Gasteiger partial charge on any atom is -0.471 e. The first-order chi connectivity index (χ1) is 56.0. The molecule has 7 nitrogen and oxygen atoms in total. The lowest BCUT2D eigenvalue weighted by Gasteiger charge is -2.33. The van der Waals surface area contributed by atoms with Gasteiger partial charge in [0.05, 0.1) is 45.0 Å². The zero-order valence-corrected chi connectivity index (χ0v) is 60.9. The summed E-state index contributed by atoms with van der Waals surface area (Å²) in [7, 11) is 0. The molecule has 0 amide bonds. The number of anilines is 3. The molecule has 1 aliphatic carbocycles. The quantitative estimate of drug-likeness (QED) is 0.122. The Labute approximate surface area is 649 Å². The van der Waals surface area contributed by atoms with Crippen LogP contribution in [-0.4, -0.2) is 31.4 Å². The van der Waals surface area contributed by atoms with E-state index < -0.39 is 0 Å². The van der Waals surface area contributed by atoms with Crippen molar-refractivity contribution in [1.29, 1.82) is 0 Å². The van der Waals surface area contributed by atoms with Gasteiger partial charge < -0.3 is 31.9 Å². The second-order valence-electron chi connectivity index (χ2n) is 30.7. The molecule has 0 saturated heterocycles. The summed E-state index contributed by atoms with van der Waals surface area (Å²) in [5.41, 5.74) is 25.9. The molecular formula is C102H60B4N2O5. The highest BCUT2D eigenvalue weighted by Gasteiger charge is 2.49. The molecular weight excluding hydrogens is 1380 g/mol. The Bertz CT molecular complexity index is 7740. The van der Waals surface area contributed by atoms with Crippen LogP contribution in [0, 0.1) is 0 Å². The van der Waals surface area contributed by atoms with Crippen LogP contribution < -0.4 is 76.0 Å². The fourth-order valence-electron chi connectivity index (χ4n) is 19.9. The first-order valence-corrected chi connectivity index (χ1v) is 39.0. The van der Waals surface area contributed by atoms with Crippen molar-refractivity contribution < 1.29 is 22.4 Å². The maximum atomic E-state index is 7.34. The Morgan fingerprint density at radius 1 is 0.230 bits per heavy atom. The lowest BCUT2D eigenvalue weighted by Crippen LogP contribution is -2.73. The summed E-state index contributed by atoms with van der Waals surface area (Å²) < 4.78 is 37.6. The van der Waals surface area contributed by atoms with Crippen molar-refractivity contribution in [2.45, 2.75) is 0 Å². The van der Waals surface area contributed by atoms with Crippen molar-refractivity contribution in [3.05, 3.63) is 363 Å². The van der Waals surface area contributed by atoms with Gasteiger partial charge in [-0.1, -0.05) is 289 Å². The van der Waals surface area contributed by atoms with Gasteiger partial charge in [-0.3, -0.25) is 0 Å². The Morgan fingerprint density at radius 2 is 0.655 bits per heavy atom. The summed E-state index contributed by atoms with van der Waals surface area (Å²) in [5.74, 6) is 1.67. The predicted molar refractivity (Wildman–Crippen MR) is 475 cm³/mol. The van der Waals surface area contributed by atoms with Gasteiger partial charge in [0, 0.05) is 43.7 Å². The number of rotatable bonds is 6. The van der Waals surface area contributed by atoms with Crippen molar-refractivity contribution in [3.8, 4) is 17.2 Å². The monoisotopic (exact) mass is 1440 g/mol. The zero-order chi connectivity index (χ0) is 73.7. The molecule has 0 radical (unpaired) electrons. The van der Waals surface area contributed by atoms with E-state index in [1.165, 1.54) is 120 Å².